The van der Waals surface area contributed by atoms with Gasteiger partial charge in [0.15, 0.2) is 0 Å². The Bertz CT molecular complexity index is 1440. The summed E-state index contributed by atoms with van der Waals surface area (Å²) in [6, 6.07) is 23.9. The summed E-state index contributed by atoms with van der Waals surface area (Å²) < 4.78 is 5.95. The van der Waals surface area contributed by atoms with Crippen LogP contribution >= 0.6 is 12.4 Å². The molecule has 46 heavy (non-hydrogen) atoms. The molecule has 1 spiro atoms. The zero-order valence-electron chi connectivity index (χ0n) is 26.6. The van der Waals surface area contributed by atoms with Crippen LogP contribution in [0, 0.1) is 0 Å². The van der Waals surface area contributed by atoms with E-state index in [-0.39, 0.29) is 30.1 Å². The molecule has 0 bridgehead atoms. The van der Waals surface area contributed by atoms with E-state index in [0.717, 1.165) is 30.5 Å². The number of ether oxygens (including phenoxy) is 1. The number of piperazine rings is 1. The smallest absolute Gasteiger partial charge is 0.251 e. The van der Waals surface area contributed by atoms with Crippen LogP contribution < -0.4 is 15.4 Å². The molecule has 2 heterocycles. The van der Waals surface area contributed by atoms with Crippen LogP contribution in [-0.2, 0) is 22.6 Å². The van der Waals surface area contributed by atoms with Crippen molar-refractivity contribution in [2.24, 2.45) is 0 Å². The minimum Gasteiger partial charge on any atom is -0.457 e. The summed E-state index contributed by atoms with van der Waals surface area (Å²) in [5.41, 5.74) is 1.91. The fourth-order valence-electron chi connectivity index (χ4n) is 6.32. The van der Waals surface area contributed by atoms with Crippen molar-refractivity contribution in [2.75, 3.05) is 26.7 Å². The van der Waals surface area contributed by atoms with Crippen molar-refractivity contribution in [3.8, 4) is 11.5 Å². The van der Waals surface area contributed by atoms with E-state index in [9.17, 15) is 19.5 Å². The first-order valence-corrected chi connectivity index (χ1v) is 16.0. The standard InChI is InChI=1S/C36H44N4O5.ClH/c1-3-4-22-40-34(43)32(31(41)19-12-26-8-6-5-7-9-26)38-35(44)36(40)20-23-39(24-21-36)25-27-10-15-29(16-11-27)45-30-17-13-28(14-18-30)33(42)37-2;/h5-11,13-18,31-32,41H,3-4,12,19-25H2,1-2H3,(H,37,42)(H,38,44);1H/t31-,32-;/m1./s1. The number of carbonyl (C=O) groups is 3. The van der Waals surface area contributed by atoms with E-state index in [4.69, 9.17) is 4.74 Å². The van der Waals surface area contributed by atoms with Crippen molar-refractivity contribution in [3.63, 3.8) is 0 Å². The normalized spacial score (nSPS) is 18.4. The summed E-state index contributed by atoms with van der Waals surface area (Å²) in [6.07, 6.45) is 2.91. The third kappa shape index (κ3) is 8.07. The molecule has 3 aromatic carbocycles. The van der Waals surface area contributed by atoms with E-state index >= 15 is 0 Å². The predicted molar refractivity (Wildman–Crippen MR) is 180 cm³/mol. The van der Waals surface area contributed by atoms with Crippen molar-refractivity contribution >= 4 is 30.1 Å². The molecule has 3 N–H and O–H groups in total. The highest BCUT2D eigenvalue weighted by atomic mass is 35.5. The highest BCUT2D eigenvalue weighted by Crippen LogP contribution is 2.35. The van der Waals surface area contributed by atoms with Crippen LogP contribution in [0.25, 0.3) is 0 Å². The lowest BCUT2D eigenvalue weighted by Gasteiger charge is -2.52. The number of likely N-dealkylation sites (tertiary alicyclic amines) is 1. The molecule has 2 atom stereocenters. The molecular weight excluding hydrogens is 604 g/mol. The maximum Gasteiger partial charge on any atom is 0.251 e. The van der Waals surface area contributed by atoms with Gasteiger partial charge in [0.05, 0.1) is 6.10 Å². The highest BCUT2D eigenvalue weighted by Gasteiger charge is 2.54. The molecule has 2 fully saturated rings. The fraction of sp³-hybridized carbons (Fsp3) is 0.417. The highest BCUT2D eigenvalue weighted by molar-refractivity contribution is 6.00. The minimum absolute atomic E-state index is 0. The van der Waals surface area contributed by atoms with Gasteiger partial charge in [-0.3, -0.25) is 19.3 Å². The molecule has 0 unspecified atom stereocenters. The largest absolute Gasteiger partial charge is 0.457 e. The Morgan fingerprint density at radius 1 is 0.978 bits per heavy atom. The van der Waals surface area contributed by atoms with Crippen LogP contribution in [0.3, 0.4) is 0 Å². The number of hydrogen-bond donors (Lipinski definition) is 3. The van der Waals surface area contributed by atoms with E-state index in [1.165, 1.54) is 0 Å². The second kappa shape index (κ2) is 16.1. The van der Waals surface area contributed by atoms with E-state index in [1.807, 2.05) is 54.6 Å². The number of amides is 3. The first-order valence-electron chi connectivity index (χ1n) is 16.0. The Balaban J connectivity index is 0.00000480. The number of piperidine rings is 1. The van der Waals surface area contributed by atoms with Crippen LogP contribution in [0.5, 0.6) is 11.5 Å². The minimum atomic E-state index is -0.947. The van der Waals surface area contributed by atoms with Gasteiger partial charge in [0.25, 0.3) is 5.91 Å². The molecule has 3 aromatic rings. The van der Waals surface area contributed by atoms with Crippen molar-refractivity contribution in [1.29, 1.82) is 0 Å². The number of aryl methyl sites for hydroxylation is 1. The second-order valence-electron chi connectivity index (χ2n) is 12.0. The second-order valence-corrected chi connectivity index (χ2v) is 12.0. The van der Waals surface area contributed by atoms with Gasteiger partial charge in [0, 0.05) is 38.8 Å². The van der Waals surface area contributed by atoms with Crippen LogP contribution in [-0.4, -0.2) is 77.0 Å². The van der Waals surface area contributed by atoms with Gasteiger partial charge in [-0.25, -0.2) is 0 Å². The van der Waals surface area contributed by atoms with Gasteiger partial charge in [-0.1, -0.05) is 55.8 Å². The molecule has 3 amide bonds. The van der Waals surface area contributed by atoms with Crippen LogP contribution in [0.2, 0.25) is 0 Å². The zero-order chi connectivity index (χ0) is 31.8. The Hall–Kier alpha value is -3.92. The van der Waals surface area contributed by atoms with Crippen LogP contribution in [0.4, 0.5) is 0 Å². The van der Waals surface area contributed by atoms with Crippen LogP contribution in [0.15, 0.2) is 78.9 Å². The topological polar surface area (TPSA) is 111 Å². The SMILES string of the molecule is CCCCN1C(=O)[C@@H]([C@H](O)CCc2ccccc2)NC(=O)C12CCN(Cc1ccc(Oc3ccc(C(=O)NC)cc3)cc1)CC2.Cl. The molecule has 5 rings (SSSR count). The predicted octanol–water partition coefficient (Wildman–Crippen LogP) is 4.72. The molecule has 2 aliphatic rings. The first kappa shape index (κ1) is 34.9. The number of nitrogens with zero attached hydrogens (tertiary/aromatic N) is 2. The summed E-state index contributed by atoms with van der Waals surface area (Å²) in [7, 11) is 1.60. The van der Waals surface area contributed by atoms with Gasteiger partial charge in [-0.15, -0.1) is 12.4 Å². The first-order chi connectivity index (χ1) is 21.8. The van der Waals surface area contributed by atoms with Crippen molar-refractivity contribution in [3.05, 3.63) is 95.6 Å². The Morgan fingerprint density at radius 3 is 2.22 bits per heavy atom. The Labute approximate surface area is 277 Å². The summed E-state index contributed by atoms with van der Waals surface area (Å²) >= 11 is 0. The average molecular weight is 649 g/mol. The van der Waals surface area contributed by atoms with E-state index in [2.05, 4.69) is 22.5 Å². The lowest BCUT2D eigenvalue weighted by Crippen LogP contribution is -2.74. The lowest BCUT2D eigenvalue weighted by atomic mass is 9.80. The lowest BCUT2D eigenvalue weighted by molar-refractivity contribution is -0.164. The summed E-state index contributed by atoms with van der Waals surface area (Å²) in [5.74, 6) is 0.892. The van der Waals surface area contributed by atoms with Crippen molar-refractivity contribution < 1.29 is 24.2 Å². The number of hydrogen-bond acceptors (Lipinski definition) is 6. The Morgan fingerprint density at radius 2 is 1.61 bits per heavy atom. The molecule has 0 aliphatic carbocycles. The molecule has 10 heteroatoms. The number of rotatable bonds is 12. The maximum absolute atomic E-state index is 13.8. The summed E-state index contributed by atoms with van der Waals surface area (Å²) in [4.78, 5) is 43.4. The molecule has 0 aromatic heterocycles. The van der Waals surface area contributed by atoms with Gasteiger partial charge < -0.3 is 25.4 Å². The maximum atomic E-state index is 13.8. The third-order valence-electron chi connectivity index (χ3n) is 9.04. The van der Waals surface area contributed by atoms with E-state index in [0.29, 0.717) is 62.4 Å². The summed E-state index contributed by atoms with van der Waals surface area (Å²) in [5, 5.41) is 16.6. The van der Waals surface area contributed by atoms with Gasteiger partial charge in [0.2, 0.25) is 11.8 Å². The fourth-order valence-corrected chi connectivity index (χ4v) is 6.32. The quantitative estimate of drug-likeness (QED) is 0.262. The van der Waals surface area contributed by atoms with Gasteiger partial charge >= 0.3 is 0 Å². The number of nitrogens with one attached hydrogen (secondary N) is 2. The summed E-state index contributed by atoms with van der Waals surface area (Å²) in [6.45, 7) is 4.68. The molecule has 2 aliphatic heterocycles. The number of aliphatic hydroxyl groups excluding tert-OH is 1. The molecule has 0 saturated carbocycles. The molecular formula is C36H45ClN4O5. The van der Waals surface area contributed by atoms with Gasteiger partial charge in [-0.2, -0.15) is 0 Å². The average Bonchev–Trinajstić information content (AvgIpc) is 3.07. The van der Waals surface area contributed by atoms with Gasteiger partial charge in [0.1, 0.15) is 23.1 Å². The van der Waals surface area contributed by atoms with E-state index in [1.54, 1.807) is 36.2 Å². The third-order valence-corrected chi connectivity index (χ3v) is 9.04. The van der Waals surface area contributed by atoms with Gasteiger partial charge in [-0.05, 0) is 79.6 Å². The zero-order valence-corrected chi connectivity index (χ0v) is 27.4. The molecule has 2 saturated heterocycles. The van der Waals surface area contributed by atoms with E-state index < -0.39 is 17.7 Å². The molecule has 0 radical (unpaired) electrons. The number of benzene rings is 3. The number of carbonyl (C=O) groups excluding carboxylic acids is 3. The monoisotopic (exact) mass is 648 g/mol. The molecule has 246 valence electrons. The van der Waals surface area contributed by atoms with Crippen molar-refractivity contribution in [2.45, 2.75) is 69.7 Å². The molecule has 9 nitrogen and oxygen atoms in total. The number of aliphatic hydroxyl groups is 1. The Kier molecular flexibility index (Phi) is 12.2. The number of unbranched alkanes of at least 4 members (excludes halogenated alkanes) is 1. The number of halogens is 1. The van der Waals surface area contributed by atoms with Crippen molar-refractivity contribution in [1.82, 2.24) is 20.4 Å². The van der Waals surface area contributed by atoms with Crippen LogP contribution in [0.1, 0.15) is 60.5 Å².